The molecule has 0 aliphatic carbocycles. The largest absolute Gasteiger partial charge is 0.871 e. The summed E-state index contributed by atoms with van der Waals surface area (Å²) in [5.41, 5.74) is -0.396. The summed E-state index contributed by atoms with van der Waals surface area (Å²) in [6.07, 6.45) is -1.47. The Kier molecular flexibility index (Phi) is 3.93. The number of benzene rings is 2. The van der Waals surface area contributed by atoms with Crippen molar-refractivity contribution in [3.05, 3.63) is 51.6 Å². The van der Waals surface area contributed by atoms with Crippen molar-refractivity contribution in [1.82, 2.24) is 0 Å². The van der Waals surface area contributed by atoms with E-state index < -0.39 is 22.8 Å². The Hall–Kier alpha value is -3.33. The first-order valence-electron chi connectivity index (χ1n) is 7.12. The average Bonchev–Trinajstić information content (AvgIpc) is 2.85. The van der Waals surface area contributed by atoms with E-state index in [1.54, 1.807) is 0 Å². The van der Waals surface area contributed by atoms with Crippen LogP contribution in [-0.2, 0) is 0 Å². The molecule has 0 spiro atoms. The summed E-state index contributed by atoms with van der Waals surface area (Å²) in [4.78, 5) is 23.9. The van der Waals surface area contributed by atoms with Crippen LogP contribution in [0.5, 0.6) is 17.2 Å². The lowest BCUT2D eigenvalue weighted by molar-refractivity contribution is -0.385. The number of fused-ring (bicyclic) bond motifs is 1. The fourth-order valence-corrected chi connectivity index (χ4v) is 2.80. The summed E-state index contributed by atoms with van der Waals surface area (Å²) in [6.45, 7) is 0. The van der Waals surface area contributed by atoms with Crippen LogP contribution >= 0.6 is 0 Å². The van der Waals surface area contributed by atoms with Gasteiger partial charge < -0.3 is 19.7 Å². The van der Waals surface area contributed by atoms with Gasteiger partial charge in [-0.25, -0.2) is 0 Å². The number of nitrogens with zero attached hydrogens (tertiary/aromatic N) is 2. The van der Waals surface area contributed by atoms with E-state index in [1.165, 1.54) is 26.4 Å². The maximum atomic E-state index is 12.8. The van der Waals surface area contributed by atoms with Crippen molar-refractivity contribution >= 4 is 17.3 Å². The molecule has 2 aromatic rings. The number of carbonyl (C=O) groups excluding carboxylic acids is 1. The first kappa shape index (κ1) is 16.5. The average molecular weight is 345 g/mol. The molecule has 130 valence electrons. The molecule has 0 saturated heterocycles. The van der Waals surface area contributed by atoms with Gasteiger partial charge in [0.2, 0.25) is 0 Å². The predicted octanol–water partition coefficient (Wildman–Crippen LogP) is 1.34. The number of amides is 1. The fourth-order valence-electron chi connectivity index (χ4n) is 2.80. The number of aliphatic hydroxyl groups excluding tert-OH is 1. The highest BCUT2D eigenvalue weighted by atomic mass is 16.6. The van der Waals surface area contributed by atoms with Crippen LogP contribution in [0, 0.1) is 10.1 Å². The van der Waals surface area contributed by atoms with Crippen LogP contribution in [-0.4, -0.2) is 30.2 Å². The van der Waals surface area contributed by atoms with Gasteiger partial charge >= 0.3 is 0 Å². The highest BCUT2D eigenvalue weighted by Gasteiger charge is 2.40. The van der Waals surface area contributed by atoms with E-state index in [9.17, 15) is 25.1 Å². The van der Waals surface area contributed by atoms with Crippen LogP contribution < -0.4 is 19.5 Å². The number of non-ortho nitro benzene ring substituents is 1. The standard InChI is InChI=1S/C16H14N2O7/c1-24-12-6-4-9-13(14(12)25-2)16(21)17(15(9)20)10-7-8(18(22)23)3-5-11(10)19/h3-7,15,19-20H,1-2H3/p-1/t15-/m0/s1. The third kappa shape index (κ3) is 2.41. The monoisotopic (exact) mass is 345 g/mol. The van der Waals surface area contributed by atoms with Crippen molar-refractivity contribution in [3.8, 4) is 17.2 Å². The zero-order valence-electron chi connectivity index (χ0n) is 13.3. The molecule has 0 aromatic heterocycles. The third-order valence-corrected chi connectivity index (χ3v) is 3.95. The molecular weight excluding hydrogens is 332 g/mol. The van der Waals surface area contributed by atoms with E-state index in [0.29, 0.717) is 0 Å². The molecule has 0 saturated carbocycles. The fraction of sp³-hybridized carbons (Fsp3) is 0.188. The van der Waals surface area contributed by atoms with E-state index in [1.807, 2.05) is 0 Å². The molecule has 9 nitrogen and oxygen atoms in total. The SMILES string of the molecule is COc1ccc2c(c1OC)C(=O)N(c1cc([N+](=O)[O-])ccc1[O-])[C@H]2O. The number of rotatable bonds is 4. The number of nitro benzene ring substituents is 1. The molecule has 2 aromatic carbocycles. The van der Waals surface area contributed by atoms with Gasteiger partial charge in [0.15, 0.2) is 17.7 Å². The number of hydrogen-bond acceptors (Lipinski definition) is 7. The van der Waals surface area contributed by atoms with Gasteiger partial charge in [0.25, 0.3) is 11.6 Å². The lowest BCUT2D eigenvalue weighted by Gasteiger charge is -2.25. The Bertz CT molecular complexity index is 881. The zero-order chi connectivity index (χ0) is 18.3. The predicted molar refractivity (Wildman–Crippen MR) is 83.9 cm³/mol. The van der Waals surface area contributed by atoms with Gasteiger partial charge in [-0.2, -0.15) is 0 Å². The number of carbonyl (C=O) groups is 1. The number of nitro groups is 1. The van der Waals surface area contributed by atoms with Crippen LogP contribution in [0.15, 0.2) is 30.3 Å². The number of aliphatic hydroxyl groups is 1. The molecule has 3 rings (SSSR count). The van der Waals surface area contributed by atoms with E-state index in [4.69, 9.17) is 9.47 Å². The van der Waals surface area contributed by atoms with Gasteiger partial charge in [0.05, 0.1) is 24.7 Å². The first-order valence-corrected chi connectivity index (χ1v) is 7.12. The van der Waals surface area contributed by atoms with Gasteiger partial charge in [-0.1, -0.05) is 11.8 Å². The Balaban J connectivity index is 2.17. The lowest BCUT2D eigenvalue weighted by Crippen LogP contribution is -2.28. The summed E-state index contributed by atoms with van der Waals surface area (Å²) in [5, 5.41) is 33.6. The summed E-state index contributed by atoms with van der Waals surface area (Å²) in [6, 6.07) is 5.97. The second kappa shape index (κ2) is 5.95. The van der Waals surface area contributed by atoms with Crippen molar-refractivity contribution in [1.29, 1.82) is 0 Å². The van der Waals surface area contributed by atoms with Crippen LogP contribution in [0.3, 0.4) is 0 Å². The normalized spacial score (nSPS) is 15.9. The van der Waals surface area contributed by atoms with Gasteiger partial charge in [-0.3, -0.25) is 19.8 Å². The van der Waals surface area contributed by atoms with Gasteiger partial charge in [-0.15, -0.1) is 0 Å². The molecule has 0 radical (unpaired) electrons. The molecule has 25 heavy (non-hydrogen) atoms. The zero-order valence-corrected chi connectivity index (χ0v) is 13.3. The van der Waals surface area contributed by atoms with Crippen molar-refractivity contribution < 1.29 is 29.4 Å². The van der Waals surface area contributed by atoms with E-state index in [-0.39, 0.29) is 34.0 Å². The number of anilines is 1. The molecule has 1 aliphatic heterocycles. The van der Waals surface area contributed by atoms with Crippen molar-refractivity contribution in [2.75, 3.05) is 19.1 Å². The van der Waals surface area contributed by atoms with Gasteiger partial charge in [0, 0.05) is 23.4 Å². The van der Waals surface area contributed by atoms with Crippen LogP contribution in [0.4, 0.5) is 11.4 Å². The maximum Gasteiger partial charge on any atom is 0.271 e. The smallest absolute Gasteiger partial charge is 0.271 e. The van der Waals surface area contributed by atoms with Crippen LogP contribution in [0.2, 0.25) is 0 Å². The Morgan fingerprint density at radius 1 is 1.20 bits per heavy atom. The van der Waals surface area contributed by atoms with Gasteiger partial charge in [-0.05, 0) is 12.1 Å². The van der Waals surface area contributed by atoms with Crippen LogP contribution in [0.25, 0.3) is 0 Å². The number of ether oxygens (including phenoxy) is 2. The minimum absolute atomic E-state index is 0.0419. The van der Waals surface area contributed by atoms with Crippen molar-refractivity contribution in [3.63, 3.8) is 0 Å². The minimum atomic E-state index is -1.47. The quantitative estimate of drug-likeness (QED) is 0.654. The summed E-state index contributed by atoms with van der Waals surface area (Å²) < 4.78 is 10.3. The molecule has 1 N–H and O–H groups in total. The molecule has 0 bridgehead atoms. The molecule has 0 fully saturated rings. The lowest BCUT2D eigenvalue weighted by atomic mass is 10.1. The molecule has 1 amide bonds. The Morgan fingerprint density at radius 2 is 1.92 bits per heavy atom. The Labute approximate surface area is 141 Å². The molecule has 1 atom stereocenters. The van der Waals surface area contributed by atoms with E-state index in [2.05, 4.69) is 0 Å². The highest BCUT2D eigenvalue weighted by molar-refractivity contribution is 6.13. The van der Waals surface area contributed by atoms with Gasteiger partial charge in [0.1, 0.15) is 0 Å². The van der Waals surface area contributed by atoms with Crippen molar-refractivity contribution in [2.24, 2.45) is 0 Å². The molecule has 1 aliphatic rings. The Morgan fingerprint density at radius 3 is 2.52 bits per heavy atom. The first-order chi connectivity index (χ1) is 11.9. The minimum Gasteiger partial charge on any atom is -0.871 e. The van der Waals surface area contributed by atoms with Crippen LogP contribution in [0.1, 0.15) is 22.1 Å². The third-order valence-electron chi connectivity index (χ3n) is 3.95. The summed E-state index contributed by atoms with van der Waals surface area (Å²) >= 11 is 0. The summed E-state index contributed by atoms with van der Waals surface area (Å²) in [7, 11) is 2.74. The maximum absolute atomic E-state index is 12.8. The second-order valence-electron chi connectivity index (χ2n) is 5.22. The topological polar surface area (TPSA) is 125 Å². The van der Waals surface area contributed by atoms with Crippen molar-refractivity contribution in [2.45, 2.75) is 6.23 Å². The highest BCUT2D eigenvalue weighted by Crippen LogP contribution is 2.46. The number of methoxy groups -OCH3 is 2. The molecule has 1 heterocycles. The van der Waals surface area contributed by atoms with E-state index >= 15 is 0 Å². The second-order valence-corrected chi connectivity index (χ2v) is 5.22. The molecule has 0 unspecified atom stereocenters. The molecule has 9 heteroatoms. The number of hydrogen-bond donors (Lipinski definition) is 1. The molecular formula is C16H13N2O7-. The van der Waals surface area contributed by atoms with E-state index in [0.717, 1.165) is 23.1 Å². The summed E-state index contributed by atoms with van der Waals surface area (Å²) in [5.74, 6) is -0.943.